The first-order chi connectivity index (χ1) is 12.3. The number of rotatable bonds is 3. The van der Waals surface area contributed by atoms with Crippen molar-refractivity contribution in [1.82, 2.24) is 20.4 Å². The summed E-state index contributed by atoms with van der Waals surface area (Å²) in [5.41, 5.74) is 0.751. The number of carbonyl (C=O) groups is 2. The molecule has 2 heterocycles. The molecular formula is C19H27FN4O2. The van der Waals surface area contributed by atoms with Gasteiger partial charge in [0.05, 0.1) is 0 Å². The van der Waals surface area contributed by atoms with Gasteiger partial charge < -0.3 is 15.5 Å². The van der Waals surface area contributed by atoms with Crippen molar-refractivity contribution in [3.63, 3.8) is 0 Å². The van der Waals surface area contributed by atoms with Crippen molar-refractivity contribution in [2.24, 2.45) is 5.41 Å². The van der Waals surface area contributed by atoms with E-state index >= 15 is 0 Å². The zero-order chi connectivity index (χ0) is 18.7. The third-order valence-electron chi connectivity index (χ3n) is 4.99. The topological polar surface area (TPSA) is 64.7 Å². The number of carbonyl (C=O) groups excluding carboxylic acids is 2. The SMILES string of the molecule is CC(C)NC(=O)N1CCN(Cc2ccc(F)cc2)CC2(CNC(=O)C2)C1. The first kappa shape index (κ1) is 18.6. The molecule has 1 spiro atoms. The molecule has 1 unspecified atom stereocenters. The van der Waals surface area contributed by atoms with Crippen LogP contribution in [0.4, 0.5) is 9.18 Å². The van der Waals surface area contributed by atoms with Crippen LogP contribution in [0.15, 0.2) is 24.3 Å². The zero-order valence-corrected chi connectivity index (χ0v) is 15.4. The van der Waals surface area contributed by atoms with E-state index in [0.717, 1.165) is 18.7 Å². The molecule has 26 heavy (non-hydrogen) atoms. The maximum absolute atomic E-state index is 13.1. The number of hydrogen-bond acceptors (Lipinski definition) is 3. The smallest absolute Gasteiger partial charge is 0.317 e. The molecule has 7 heteroatoms. The van der Waals surface area contributed by atoms with Gasteiger partial charge in [-0.15, -0.1) is 0 Å². The van der Waals surface area contributed by atoms with Gasteiger partial charge in [-0.2, -0.15) is 0 Å². The number of urea groups is 1. The number of halogens is 1. The second-order valence-corrected chi connectivity index (χ2v) is 7.82. The Hall–Kier alpha value is -2.15. The fourth-order valence-corrected chi connectivity index (χ4v) is 3.82. The number of benzene rings is 1. The first-order valence-electron chi connectivity index (χ1n) is 9.14. The highest BCUT2D eigenvalue weighted by Gasteiger charge is 2.43. The maximum Gasteiger partial charge on any atom is 0.317 e. The lowest BCUT2D eigenvalue weighted by atomic mass is 9.86. The van der Waals surface area contributed by atoms with Crippen LogP contribution < -0.4 is 10.6 Å². The molecule has 1 atom stereocenters. The van der Waals surface area contributed by atoms with Crippen molar-refractivity contribution >= 4 is 11.9 Å². The summed E-state index contributed by atoms with van der Waals surface area (Å²) in [5.74, 6) is -0.207. The molecule has 0 bridgehead atoms. The Kier molecular flexibility index (Phi) is 5.46. The summed E-state index contributed by atoms with van der Waals surface area (Å²) in [5, 5.41) is 5.88. The zero-order valence-electron chi connectivity index (χ0n) is 15.4. The lowest BCUT2D eigenvalue weighted by Gasteiger charge is -2.33. The van der Waals surface area contributed by atoms with Gasteiger partial charge in [0.1, 0.15) is 5.82 Å². The van der Waals surface area contributed by atoms with Crippen LogP contribution in [-0.4, -0.2) is 60.5 Å². The van der Waals surface area contributed by atoms with Crippen LogP contribution in [0.3, 0.4) is 0 Å². The standard InChI is InChI=1S/C19H27FN4O2/c1-14(2)22-18(26)24-8-7-23(10-15-3-5-16(20)6-4-15)12-19(13-24)9-17(25)21-11-19/h3-6,14H,7-13H2,1-2H3,(H,21,25)(H,22,26). The van der Waals surface area contributed by atoms with E-state index in [1.54, 1.807) is 12.1 Å². The van der Waals surface area contributed by atoms with Gasteiger partial charge in [0.25, 0.3) is 0 Å². The summed E-state index contributed by atoms with van der Waals surface area (Å²) >= 11 is 0. The number of hydrogen-bond donors (Lipinski definition) is 2. The largest absolute Gasteiger partial charge is 0.355 e. The van der Waals surface area contributed by atoms with Crippen molar-refractivity contribution < 1.29 is 14.0 Å². The van der Waals surface area contributed by atoms with E-state index in [2.05, 4.69) is 15.5 Å². The molecule has 2 saturated heterocycles. The number of nitrogens with zero attached hydrogens (tertiary/aromatic N) is 2. The minimum absolute atomic E-state index is 0.0397. The van der Waals surface area contributed by atoms with E-state index in [-0.39, 0.29) is 29.2 Å². The van der Waals surface area contributed by atoms with Gasteiger partial charge in [-0.25, -0.2) is 9.18 Å². The fraction of sp³-hybridized carbons (Fsp3) is 0.579. The third kappa shape index (κ3) is 4.52. The highest BCUT2D eigenvalue weighted by atomic mass is 19.1. The fourth-order valence-electron chi connectivity index (χ4n) is 3.82. The van der Waals surface area contributed by atoms with Crippen LogP contribution in [0.1, 0.15) is 25.8 Å². The average molecular weight is 362 g/mol. The Morgan fingerprint density at radius 3 is 2.62 bits per heavy atom. The van der Waals surface area contributed by atoms with Crippen LogP contribution >= 0.6 is 0 Å². The third-order valence-corrected chi connectivity index (χ3v) is 4.99. The lowest BCUT2D eigenvalue weighted by molar-refractivity contribution is -0.119. The van der Waals surface area contributed by atoms with Crippen LogP contribution in [0.25, 0.3) is 0 Å². The van der Waals surface area contributed by atoms with Crippen LogP contribution in [0.2, 0.25) is 0 Å². The Balaban J connectivity index is 1.75. The van der Waals surface area contributed by atoms with Crippen molar-refractivity contribution in [1.29, 1.82) is 0 Å². The van der Waals surface area contributed by atoms with E-state index < -0.39 is 0 Å². The highest BCUT2D eigenvalue weighted by molar-refractivity contribution is 5.80. The molecular weight excluding hydrogens is 335 g/mol. The Labute approximate surface area is 153 Å². The van der Waals surface area contributed by atoms with Crippen LogP contribution in [0.5, 0.6) is 0 Å². The lowest BCUT2D eigenvalue weighted by Crippen LogP contribution is -2.48. The van der Waals surface area contributed by atoms with Crippen molar-refractivity contribution in [2.45, 2.75) is 32.9 Å². The van der Waals surface area contributed by atoms with Crippen molar-refractivity contribution in [3.8, 4) is 0 Å². The molecule has 0 aliphatic carbocycles. The predicted molar refractivity (Wildman–Crippen MR) is 97.0 cm³/mol. The summed E-state index contributed by atoms with van der Waals surface area (Å²) in [6.45, 7) is 7.75. The van der Waals surface area contributed by atoms with Gasteiger partial charge in [0, 0.05) is 57.1 Å². The molecule has 6 nitrogen and oxygen atoms in total. The molecule has 3 rings (SSSR count). The summed E-state index contributed by atoms with van der Waals surface area (Å²) in [4.78, 5) is 28.5. The second-order valence-electron chi connectivity index (χ2n) is 7.82. The summed E-state index contributed by atoms with van der Waals surface area (Å²) < 4.78 is 13.1. The Bertz CT molecular complexity index is 664. The van der Waals surface area contributed by atoms with Crippen molar-refractivity contribution in [3.05, 3.63) is 35.6 Å². The van der Waals surface area contributed by atoms with E-state index in [1.807, 2.05) is 18.7 Å². The molecule has 2 N–H and O–H groups in total. The van der Waals surface area contributed by atoms with Crippen molar-refractivity contribution in [2.75, 3.05) is 32.7 Å². The average Bonchev–Trinajstić information content (AvgIpc) is 2.82. The summed E-state index contributed by atoms with van der Waals surface area (Å²) in [7, 11) is 0. The molecule has 3 amide bonds. The quantitative estimate of drug-likeness (QED) is 0.858. The molecule has 0 aromatic heterocycles. The Morgan fingerprint density at radius 2 is 2.00 bits per heavy atom. The molecule has 1 aromatic carbocycles. The monoisotopic (exact) mass is 362 g/mol. The van der Waals surface area contributed by atoms with Gasteiger partial charge in [0.15, 0.2) is 0 Å². The van der Waals surface area contributed by atoms with Gasteiger partial charge in [-0.05, 0) is 31.5 Å². The van der Waals surface area contributed by atoms with Gasteiger partial charge in [-0.3, -0.25) is 9.69 Å². The minimum Gasteiger partial charge on any atom is -0.355 e. The van der Waals surface area contributed by atoms with E-state index in [9.17, 15) is 14.0 Å². The molecule has 2 aliphatic heterocycles. The van der Waals surface area contributed by atoms with E-state index in [1.165, 1.54) is 12.1 Å². The highest BCUT2D eigenvalue weighted by Crippen LogP contribution is 2.31. The first-order valence-corrected chi connectivity index (χ1v) is 9.14. The molecule has 1 aromatic rings. The van der Waals surface area contributed by atoms with E-state index in [4.69, 9.17) is 0 Å². The molecule has 142 valence electrons. The summed E-state index contributed by atoms with van der Waals surface area (Å²) in [6, 6.07) is 6.49. The van der Waals surface area contributed by atoms with Gasteiger partial charge >= 0.3 is 6.03 Å². The van der Waals surface area contributed by atoms with Crippen LogP contribution in [0, 0.1) is 11.2 Å². The normalized spacial score (nSPS) is 24.0. The predicted octanol–water partition coefficient (Wildman–Crippen LogP) is 1.57. The number of nitrogens with one attached hydrogen (secondary N) is 2. The maximum atomic E-state index is 13.1. The second kappa shape index (κ2) is 7.61. The molecule has 0 radical (unpaired) electrons. The van der Waals surface area contributed by atoms with Gasteiger partial charge in [-0.1, -0.05) is 12.1 Å². The molecule has 2 fully saturated rings. The summed E-state index contributed by atoms with van der Waals surface area (Å²) in [6.07, 6.45) is 0.429. The van der Waals surface area contributed by atoms with Crippen LogP contribution in [-0.2, 0) is 11.3 Å². The molecule has 0 saturated carbocycles. The van der Waals surface area contributed by atoms with E-state index in [0.29, 0.717) is 32.6 Å². The molecule has 2 aliphatic rings. The Morgan fingerprint density at radius 1 is 1.27 bits per heavy atom. The van der Waals surface area contributed by atoms with Gasteiger partial charge in [0.2, 0.25) is 5.91 Å². The minimum atomic E-state index is -0.276. The number of amides is 3.